The van der Waals surface area contributed by atoms with Crippen LogP contribution >= 0.6 is 0 Å². The molecule has 0 radical (unpaired) electrons. The van der Waals surface area contributed by atoms with E-state index in [4.69, 9.17) is 9.47 Å². The van der Waals surface area contributed by atoms with Crippen LogP contribution < -0.4 is 5.32 Å². The molecule has 0 heterocycles. The topological polar surface area (TPSA) is 30.5 Å². The molecule has 0 aromatic heterocycles. The number of nitrogens with one attached hydrogen (secondary N) is 1. The molecule has 2 aliphatic rings. The molecule has 2 fully saturated rings. The maximum Gasteiger partial charge on any atom is 0.0986 e. The summed E-state index contributed by atoms with van der Waals surface area (Å²) in [6.45, 7) is 5.17. The van der Waals surface area contributed by atoms with E-state index in [9.17, 15) is 0 Å². The van der Waals surface area contributed by atoms with Gasteiger partial charge in [0.1, 0.15) is 0 Å². The van der Waals surface area contributed by atoms with E-state index >= 15 is 0 Å². The fraction of sp³-hybridized carbons (Fsp3) is 1.00. The standard InChI is InChI=1S/C15H29NO2/c1-4-11-8-6-7-9-12(11)16-13-10-14(18-5-2)15(13)17-3/h11-16H,4-10H2,1-3H3. The highest BCUT2D eigenvalue weighted by atomic mass is 16.5. The molecule has 2 rings (SSSR count). The third-order valence-electron chi connectivity index (χ3n) is 4.76. The highest BCUT2D eigenvalue weighted by Gasteiger charge is 2.43. The number of rotatable bonds is 6. The summed E-state index contributed by atoms with van der Waals surface area (Å²) < 4.78 is 11.3. The van der Waals surface area contributed by atoms with E-state index in [-0.39, 0.29) is 6.10 Å². The van der Waals surface area contributed by atoms with Crippen LogP contribution in [0, 0.1) is 5.92 Å². The molecule has 0 aliphatic heterocycles. The second kappa shape index (κ2) is 6.88. The lowest BCUT2D eigenvalue weighted by atomic mass is 9.79. The average Bonchev–Trinajstić information content (AvgIpc) is 2.38. The van der Waals surface area contributed by atoms with Gasteiger partial charge in [0.2, 0.25) is 0 Å². The van der Waals surface area contributed by atoms with Crippen LogP contribution in [0.4, 0.5) is 0 Å². The van der Waals surface area contributed by atoms with Crippen LogP contribution in [0.5, 0.6) is 0 Å². The van der Waals surface area contributed by atoms with Crippen molar-refractivity contribution in [1.82, 2.24) is 5.32 Å². The molecule has 0 bridgehead atoms. The van der Waals surface area contributed by atoms with E-state index in [1.54, 1.807) is 0 Å². The van der Waals surface area contributed by atoms with Crippen molar-refractivity contribution < 1.29 is 9.47 Å². The lowest BCUT2D eigenvalue weighted by Crippen LogP contribution is -2.62. The maximum absolute atomic E-state index is 5.69. The Morgan fingerprint density at radius 3 is 2.56 bits per heavy atom. The van der Waals surface area contributed by atoms with Crippen LogP contribution in [0.25, 0.3) is 0 Å². The van der Waals surface area contributed by atoms with E-state index in [0.717, 1.165) is 18.9 Å². The Morgan fingerprint density at radius 2 is 1.89 bits per heavy atom. The molecule has 106 valence electrons. The normalized spacial score (nSPS) is 40.5. The first kappa shape index (κ1) is 14.3. The van der Waals surface area contributed by atoms with Crippen molar-refractivity contribution in [1.29, 1.82) is 0 Å². The van der Waals surface area contributed by atoms with Crippen LogP contribution in [0.3, 0.4) is 0 Å². The van der Waals surface area contributed by atoms with Crippen molar-refractivity contribution >= 4 is 0 Å². The van der Waals surface area contributed by atoms with Crippen LogP contribution in [-0.2, 0) is 9.47 Å². The van der Waals surface area contributed by atoms with Crippen LogP contribution in [0.1, 0.15) is 52.4 Å². The van der Waals surface area contributed by atoms with Crippen molar-refractivity contribution in [3.8, 4) is 0 Å². The minimum Gasteiger partial charge on any atom is -0.377 e. The first-order valence-corrected chi connectivity index (χ1v) is 7.70. The lowest BCUT2D eigenvalue weighted by Gasteiger charge is -2.46. The third kappa shape index (κ3) is 3.06. The Kier molecular flexibility index (Phi) is 5.46. The smallest absolute Gasteiger partial charge is 0.0986 e. The van der Waals surface area contributed by atoms with Gasteiger partial charge >= 0.3 is 0 Å². The predicted molar refractivity (Wildman–Crippen MR) is 73.8 cm³/mol. The van der Waals surface area contributed by atoms with E-state index in [2.05, 4.69) is 19.2 Å². The second-order valence-corrected chi connectivity index (χ2v) is 5.76. The zero-order valence-electron chi connectivity index (χ0n) is 12.2. The van der Waals surface area contributed by atoms with E-state index in [0.29, 0.717) is 18.2 Å². The minimum atomic E-state index is 0.254. The Bertz CT molecular complexity index is 247. The van der Waals surface area contributed by atoms with E-state index < -0.39 is 0 Å². The maximum atomic E-state index is 5.69. The van der Waals surface area contributed by atoms with Gasteiger partial charge < -0.3 is 14.8 Å². The van der Waals surface area contributed by atoms with Gasteiger partial charge in [0.25, 0.3) is 0 Å². The minimum absolute atomic E-state index is 0.254. The van der Waals surface area contributed by atoms with Crippen LogP contribution in [0.2, 0.25) is 0 Å². The Labute approximate surface area is 112 Å². The van der Waals surface area contributed by atoms with E-state index in [1.807, 2.05) is 7.11 Å². The molecule has 5 atom stereocenters. The molecule has 0 saturated heterocycles. The van der Waals surface area contributed by atoms with Crippen molar-refractivity contribution in [2.45, 2.75) is 76.7 Å². The van der Waals surface area contributed by atoms with Gasteiger partial charge in [-0.2, -0.15) is 0 Å². The summed E-state index contributed by atoms with van der Waals surface area (Å²) >= 11 is 0. The number of methoxy groups -OCH3 is 1. The number of hydrogen-bond donors (Lipinski definition) is 1. The predicted octanol–water partition coefficient (Wildman–Crippen LogP) is 2.74. The number of hydrogen-bond acceptors (Lipinski definition) is 3. The molecular weight excluding hydrogens is 226 g/mol. The van der Waals surface area contributed by atoms with Gasteiger partial charge in [-0.15, -0.1) is 0 Å². The summed E-state index contributed by atoms with van der Waals surface area (Å²) in [6, 6.07) is 1.21. The average molecular weight is 255 g/mol. The van der Waals surface area contributed by atoms with Gasteiger partial charge in [-0.1, -0.05) is 26.2 Å². The molecule has 3 nitrogen and oxygen atoms in total. The second-order valence-electron chi connectivity index (χ2n) is 5.76. The van der Waals surface area contributed by atoms with Crippen molar-refractivity contribution in [3.05, 3.63) is 0 Å². The lowest BCUT2D eigenvalue weighted by molar-refractivity contribution is -0.134. The quantitative estimate of drug-likeness (QED) is 0.791. The highest BCUT2D eigenvalue weighted by molar-refractivity contribution is 4.99. The molecule has 1 N–H and O–H groups in total. The molecule has 0 amide bonds. The van der Waals surface area contributed by atoms with Gasteiger partial charge in [0.15, 0.2) is 0 Å². The summed E-state index contributed by atoms with van der Waals surface area (Å²) in [5.74, 6) is 0.863. The first-order valence-electron chi connectivity index (χ1n) is 7.70. The molecule has 5 unspecified atom stereocenters. The fourth-order valence-electron chi connectivity index (χ4n) is 3.63. The highest BCUT2D eigenvalue weighted by Crippen LogP contribution is 2.32. The fourth-order valence-corrected chi connectivity index (χ4v) is 3.63. The summed E-state index contributed by atoms with van der Waals surface area (Å²) in [5, 5.41) is 3.84. The summed E-state index contributed by atoms with van der Waals surface area (Å²) in [4.78, 5) is 0. The summed E-state index contributed by atoms with van der Waals surface area (Å²) in [7, 11) is 1.81. The van der Waals surface area contributed by atoms with E-state index in [1.165, 1.54) is 32.1 Å². The molecule has 3 heteroatoms. The first-order chi connectivity index (χ1) is 8.80. The van der Waals surface area contributed by atoms with Gasteiger partial charge in [0.05, 0.1) is 12.2 Å². The largest absolute Gasteiger partial charge is 0.377 e. The van der Waals surface area contributed by atoms with Crippen LogP contribution in [-0.4, -0.2) is 38.0 Å². The Morgan fingerprint density at radius 1 is 1.11 bits per heavy atom. The van der Waals surface area contributed by atoms with Gasteiger partial charge in [0, 0.05) is 25.8 Å². The number of ether oxygens (including phenoxy) is 2. The van der Waals surface area contributed by atoms with Crippen molar-refractivity contribution in [3.63, 3.8) is 0 Å². The monoisotopic (exact) mass is 255 g/mol. The van der Waals surface area contributed by atoms with Gasteiger partial charge in [-0.3, -0.25) is 0 Å². The van der Waals surface area contributed by atoms with Gasteiger partial charge in [-0.25, -0.2) is 0 Å². The molecule has 0 aromatic rings. The molecule has 0 spiro atoms. The molecule has 2 aliphatic carbocycles. The van der Waals surface area contributed by atoms with Gasteiger partial charge in [-0.05, 0) is 32.1 Å². The third-order valence-corrected chi connectivity index (χ3v) is 4.76. The van der Waals surface area contributed by atoms with Crippen molar-refractivity contribution in [2.24, 2.45) is 5.92 Å². The van der Waals surface area contributed by atoms with Crippen molar-refractivity contribution in [2.75, 3.05) is 13.7 Å². The molecule has 18 heavy (non-hydrogen) atoms. The summed E-state index contributed by atoms with van der Waals surface area (Å²) in [6.07, 6.45) is 8.50. The summed E-state index contributed by atoms with van der Waals surface area (Å²) in [5.41, 5.74) is 0. The Balaban J connectivity index is 1.82. The SMILES string of the molecule is CCOC1CC(NC2CCCCC2CC)C1OC. The zero-order valence-corrected chi connectivity index (χ0v) is 12.2. The molecule has 2 saturated carbocycles. The molecular formula is C15H29NO2. The molecule has 0 aromatic carbocycles. The zero-order chi connectivity index (χ0) is 13.0. The van der Waals surface area contributed by atoms with Crippen LogP contribution in [0.15, 0.2) is 0 Å². The Hall–Kier alpha value is -0.120.